The van der Waals surface area contributed by atoms with Gasteiger partial charge in [0.15, 0.2) is 0 Å². The molecule has 1 N–H and O–H groups in total. The van der Waals surface area contributed by atoms with E-state index in [1.54, 1.807) is 13.8 Å². The SMILES string of the molecule is Cc1cc2ccccc2n1CC(C)(C)C(=O)O. The average Bonchev–Trinajstić information content (AvgIpc) is 2.55. The van der Waals surface area contributed by atoms with Crippen LogP contribution in [0.5, 0.6) is 0 Å². The Morgan fingerprint density at radius 2 is 2.00 bits per heavy atom. The number of aromatic nitrogens is 1. The lowest BCUT2D eigenvalue weighted by atomic mass is 9.93. The van der Waals surface area contributed by atoms with Gasteiger partial charge in [-0.15, -0.1) is 0 Å². The monoisotopic (exact) mass is 231 g/mol. The Bertz CT molecular complexity index is 567. The topological polar surface area (TPSA) is 42.2 Å². The van der Waals surface area contributed by atoms with Crippen molar-refractivity contribution in [2.75, 3.05) is 0 Å². The van der Waals surface area contributed by atoms with Gasteiger partial charge in [0.05, 0.1) is 5.41 Å². The lowest BCUT2D eigenvalue weighted by Gasteiger charge is -2.21. The van der Waals surface area contributed by atoms with Crippen molar-refractivity contribution in [2.24, 2.45) is 5.41 Å². The number of carboxylic acid groups (broad SMARTS) is 1. The van der Waals surface area contributed by atoms with Crippen LogP contribution in [0.15, 0.2) is 30.3 Å². The number of aryl methyl sites for hydroxylation is 1. The second-order valence-corrected chi connectivity index (χ2v) is 5.12. The molecule has 17 heavy (non-hydrogen) atoms. The number of aliphatic carboxylic acids is 1. The Kier molecular flexibility index (Phi) is 2.69. The zero-order valence-electron chi connectivity index (χ0n) is 10.4. The maximum atomic E-state index is 11.2. The summed E-state index contributed by atoms with van der Waals surface area (Å²) in [4.78, 5) is 11.2. The Balaban J connectivity index is 2.49. The molecule has 0 aliphatic heterocycles. The summed E-state index contributed by atoms with van der Waals surface area (Å²) in [6.07, 6.45) is 0. The van der Waals surface area contributed by atoms with Crippen molar-refractivity contribution in [2.45, 2.75) is 27.3 Å². The van der Waals surface area contributed by atoms with Crippen molar-refractivity contribution in [3.8, 4) is 0 Å². The summed E-state index contributed by atoms with van der Waals surface area (Å²) in [6.45, 7) is 6.01. The van der Waals surface area contributed by atoms with Crippen LogP contribution in [0.4, 0.5) is 0 Å². The molecule has 3 heteroatoms. The third-order valence-corrected chi connectivity index (χ3v) is 3.15. The molecule has 0 unspecified atom stereocenters. The molecule has 0 aliphatic rings. The molecule has 0 atom stereocenters. The number of carboxylic acids is 1. The fraction of sp³-hybridized carbons (Fsp3) is 0.357. The molecule has 0 amide bonds. The number of hydrogen-bond acceptors (Lipinski definition) is 1. The van der Waals surface area contributed by atoms with Crippen LogP contribution in [0.3, 0.4) is 0 Å². The van der Waals surface area contributed by atoms with Gasteiger partial charge < -0.3 is 9.67 Å². The number of rotatable bonds is 3. The minimum absolute atomic E-state index is 0.488. The molecule has 0 saturated carbocycles. The number of benzene rings is 1. The van der Waals surface area contributed by atoms with Gasteiger partial charge in [0.2, 0.25) is 0 Å². The summed E-state index contributed by atoms with van der Waals surface area (Å²) in [7, 11) is 0. The van der Waals surface area contributed by atoms with E-state index in [0.717, 1.165) is 16.6 Å². The average molecular weight is 231 g/mol. The lowest BCUT2D eigenvalue weighted by molar-refractivity contribution is -0.147. The highest BCUT2D eigenvalue weighted by atomic mass is 16.4. The first-order valence-corrected chi connectivity index (χ1v) is 5.70. The van der Waals surface area contributed by atoms with Gasteiger partial charge in [0, 0.05) is 17.8 Å². The van der Waals surface area contributed by atoms with E-state index in [-0.39, 0.29) is 0 Å². The third-order valence-electron chi connectivity index (χ3n) is 3.15. The largest absolute Gasteiger partial charge is 0.481 e. The summed E-state index contributed by atoms with van der Waals surface area (Å²) in [5, 5.41) is 10.3. The molecule has 2 rings (SSSR count). The number of carbonyl (C=O) groups is 1. The maximum absolute atomic E-state index is 11.2. The first kappa shape index (κ1) is 11.7. The number of nitrogens with zero attached hydrogens (tertiary/aromatic N) is 1. The van der Waals surface area contributed by atoms with E-state index in [0.29, 0.717) is 6.54 Å². The molecule has 0 bridgehead atoms. The van der Waals surface area contributed by atoms with Crippen molar-refractivity contribution in [1.82, 2.24) is 4.57 Å². The molecule has 1 aromatic heterocycles. The Morgan fingerprint density at radius 3 is 2.65 bits per heavy atom. The molecule has 0 spiro atoms. The zero-order chi connectivity index (χ0) is 12.6. The minimum Gasteiger partial charge on any atom is -0.481 e. The second-order valence-electron chi connectivity index (χ2n) is 5.12. The van der Waals surface area contributed by atoms with E-state index >= 15 is 0 Å². The van der Waals surface area contributed by atoms with Crippen molar-refractivity contribution in [3.05, 3.63) is 36.0 Å². The Labute approximate surface area is 101 Å². The first-order chi connectivity index (χ1) is 7.92. The molecular weight excluding hydrogens is 214 g/mol. The molecular formula is C14H17NO2. The lowest BCUT2D eigenvalue weighted by Crippen LogP contribution is -2.29. The van der Waals surface area contributed by atoms with Gasteiger partial charge in [-0.3, -0.25) is 4.79 Å². The van der Waals surface area contributed by atoms with E-state index in [2.05, 4.69) is 10.6 Å². The molecule has 2 aromatic rings. The smallest absolute Gasteiger partial charge is 0.310 e. The predicted molar refractivity (Wildman–Crippen MR) is 68.1 cm³/mol. The van der Waals surface area contributed by atoms with Gasteiger partial charge in [-0.05, 0) is 38.3 Å². The van der Waals surface area contributed by atoms with E-state index < -0.39 is 11.4 Å². The zero-order valence-corrected chi connectivity index (χ0v) is 10.4. The fourth-order valence-electron chi connectivity index (χ4n) is 2.02. The van der Waals surface area contributed by atoms with Crippen LogP contribution in [0.25, 0.3) is 10.9 Å². The molecule has 3 nitrogen and oxygen atoms in total. The normalized spacial score (nSPS) is 11.9. The Morgan fingerprint density at radius 1 is 1.35 bits per heavy atom. The van der Waals surface area contributed by atoms with E-state index in [1.807, 2.05) is 31.2 Å². The highest BCUT2D eigenvalue weighted by Gasteiger charge is 2.28. The van der Waals surface area contributed by atoms with Gasteiger partial charge in [-0.2, -0.15) is 0 Å². The summed E-state index contributed by atoms with van der Waals surface area (Å²) in [5.74, 6) is -0.769. The second kappa shape index (κ2) is 3.91. The first-order valence-electron chi connectivity index (χ1n) is 5.70. The number of hydrogen-bond donors (Lipinski definition) is 1. The summed E-state index contributed by atoms with van der Waals surface area (Å²) >= 11 is 0. The number of para-hydroxylation sites is 1. The maximum Gasteiger partial charge on any atom is 0.310 e. The van der Waals surface area contributed by atoms with Crippen LogP contribution in [0.2, 0.25) is 0 Å². The van der Waals surface area contributed by atoms with Gasteiger partial charge in [0.1, 0.15) is 0 Å². The molecule has 0 radical (unpaired) electrons. The van der Waals surface area contributed by atoms with Crippen LogP contribution in [0, 0.1) is 12.3 Å². The predicted octanol–water partition coefficient (Wildman–Crippen LogP) is 3.06. The van der Waals surface area contributed by atoms with Gasteiger partial charge in [-0.1, -0.05) is 18.2 Å². The van der Waals surface area contributed by atoms with E-state index in [9.17, 15) is 9.90 Å². The van der Waals surface area contributed by atoms with Crippen LogP contribution in [0.1, 0.15) is 19.5 Å². The van der Waals surface area contributed by atoms with E-state index in [4.69, 9.17) is 0 Å². The molecule has 1 heterocycles. The quantitative estimate of drug-likeness (QED) is 0.882. The molecule has 1 aromatic carbocycles. The third kappa shape index (κ3) is 2.05. The van der Waals surface area contributed by atoms with E-state index in [1.165, 1.54) is 0 Å². The van der Waals surface area contributed by atoms with Crippen molar-refractivity contribution in [1.29, 1.82) is 0 Å². The van der Waals surface area contributed by atoms with Crippen molar-refractivity contribution in [3.63, 3.8) is 0 Å². The summed E-state index contributed by atoms with van der Waals surface area (Å²) < 4.78 is 2.07. The standard InChI is InChI=1S/C14H17NO2/c1-10-8-11-6-4-5-7-12(11)15(10)9-14(2,3)13(16)17/h4-8H,9H2,1-3H3,(H,16,17). The summed E-state index contributed by atoms with van der Waals surface area (Å²) in [6, 6.07) is 10.1. The van der Waals surface area contributed by atoms with Crippen LogP contribution >= 0.6 is 0 Å². The van der Waals surface area contributed by atoms with Crippen LogP contribution in [-0.2, 0) is 11.3 Å². The van der Waals surface area contributed by atoms with Crippen LogP contribution < -0.4 is 0 Å². The molecule has 0 saturated heterocycles. The minimum atomic E-state index is -0.769. The van der Waals surface area contributed by atoms with Gasteiger partial charge >= 0.3 is 5.97 Å². The molecule has 0 fully saturated rings. The van der Waals surface area contributed by atoms with Crippen LogP contribution in [-0.4, -0.2) is 15.6 Å². The molecule has 90 valence electrons. The van der Waals surface area contributed by atoms with Crippen molar-refractivity contribution < 1.29 is 9.90 Å². The van der Waals surface area contributed by atoms with Gasteiger partial charge in [0.25, 0.3) is 0 Å². The number of fused-ring (bicyclic) bond motifs is 1. The highest BCUT2D eigenvalue weighted by molar-refractivity contribution is 5.81. The Hall–Kier alpha value is -1.77. The highest BCUT2D eigenvalue weighted by Crippen LogP contribution is 2.25. The fourth-order valence-corrected chi connectivity index (χ4v) is 2.02. The van der Waals surface area contributed by atoms with Crippen molar-refractivity contribution >= 4 is 16.9 Å². The molecule has 0 aliphatic carbocycles. The van der Waals surface area contributed by atoms with Gasteiger partial charge in [-0.25, -0.2) is 0 Å². The summed E-state index contributed by atoms with van der Waals surface area (Å²) in [5.41, 5.74) is 1.44.